The van der Waals surface area contributed by atoms with E-state index in [9.17, 15) is 8.42 Å². The Labute approximate surface area is 116 Å². The molecule has 3 rings (SSSR count). The van der Waals surface area contributed by atoms with Crippen LogP contribution in [-0.4, -0.2) is 23.0 Å². The highest BCUT2D eigenvalue weighted by atomic mass is 32.2. The summed E-state index contributed by atoms with van der Waals surface area (Å²) in [5, 5.41) is 0.967. The second-order valence-electron chi connectivity index (χ2n) is 4.62. The minimum absolute atomic E-state index is 0.0201. The monoisotopic (exact) mass is 290 g/mol. The second kappa shape index (κ2) is 4.38. The maximum Gasteiger partial charge on any atom is 0.280 e. The molecule has 0 aliphatic heterocycles. The first kappa shape index (κ1) is 12.7. The lowest BCUT2D eigenvalue weighted by atomic mass is 10.2. The maximum absolute atomic E-state index is 12.2. The van der Waals surface area contributed by atoms with E-state index in [0.29, 0.717) is 11.5 Å². The topological polar surface area (TPSA) is 79.8 Å². The van der Waals surface area contributed by atoms with Gasteiger partial charge in [-0.1, -0.05) is 0 Å². The van der Waals surface area contributed by atoms with Crippen LogP contribution in [0.1, 0.15) is 5.82 Å². The predicted molar refractivity (Wildman–Crippen MR) is 77.1 cm³/mol. The third-order valence-electron chi connectivity index (χ3n) is 3.17. The van der Waals surface area contributed by atoms with Crippen LogP contribution in [0.5, 0.6) is 0 Å². The third kappa shape index (κ3) is 2.16. The number of aromatic amines is 1. The summed E-state index contributed by atoms with van der Waals surface area (Å²) in [6, 6.07) is 7.21. The summed E-state index contributed by atoms with van der Waals surface area (Å²) in [6.45, 7) is 1.75. The molecule has 104 valence electrons. The Hall–Kier alpha value is -2.28. The van der Waals surface area contributed by atoms with E-state index in [-0.39, 0.29) is 5.03 Å². The number of hydrogen-bond donors (Lipinski definition) is 2. The summed E-state index contributed by atoms with van der Waals surface area (Å²) in [5.74, 6) is 0.645. The Morgan fingerprint density at radius 3 is 2.80 bits per heavy atom. The molecule has 0 spiro atoms. The molecule has 20 heavy (non-hydrogen) atoms. The van der Waals surface area contributed by atoms with Gasteiger partial charge in [0.1, 0.15) is 5.82 Å². The number of hydrogen-bond acceptors (Lipinski definition) is 3. The Morgan fingerprint density at radius 1 is 1.30 bits per heavy atom. The second-order valence-corrected chi connectivity index (χ2v) is 6.25. The zero-order valence-electron chi connectivity index (χ0n) is 11.1. The quantitative estimate of drug-likeness (QED) is 0.774. The molecule has 2 aromatic heterocycles. The van der Waals surface area contributed by atoms with Gasteiger partial charge in [0.2, 0.25) is 0 Å². The van der Waals surface area contributed by atoms with Crippen molar-refractivity contribution >= 4 is 26.6 Å². The number of nitrogens with one attached hydrogen (secondary N) is 2. The maximum atomic E-state index is 12.2. The average molecular weight is 290 g/mol. The van der Waals surface area contributed by atoms with Crippen LogP contribution in [0.2, 0.25) is 0 Å². The summed E-state index contributed by atoms with van der Waals surface area (Å²) in [7, 11) is -1.90. The van der Waals surface area contributed by atoms with Gasteiger partial charge >= 0.3 is 0 Å². The molecule has 0 saturated heterocycles. The predicted octanol–water partition coefficient (Wildman–Crippen LogP) is 2.01. The molecule has 0 aliphatic rings. The lowest BCUT2D eigenvalue weighted by molar-refractivity contribution is 0.598. The van der Waals surface area contributed by atoms with Gasteiger partial charge in [-0.2, -0.15) is 8.42 Å². The molecule has 0 aliphatic carbocycles. The third-order valence-corrected chi connectivity index (χ3v) is 4.42. The van der Waals surface area contributed by atoms with Crippen LogP contribution < -0.4 is 4.72 Å². The standard InChI is InChI=1S/C13H14N4O2S/c1-9-15-13(8-17(9)2)20(18,19)16-11-3-4-12-10(7-11)5-6-14-12/h3-8,14,16H,1-2H3. The van der Waals surface area contributed by atoms with Gasteiger partial charge in [0.25, 0.3) is 10.0 Å². The fraction of sp³-hybridized carbons (Fsp3) is 0.154. The van der Waals surface area contributed by atoms with Crippen LogP contribution in [0.25, 0.3) is 10.9 Å². The van der Waals surface area contributed by atoms with Gasteiger partial charge in [0.15, 0.2) is 5.03 Å². The van der Waals surface area contributed by atoms with E-state index < -0.39 is 10.0 Å². The highest BCUT2D eigenvalue weighted by molar-refractivity contribution is 7.92. The lowest BCUT2D eigenvalue weighted by Gasteiger charge is -2.05. The van der Waals surface area contributed by atoms with E-state index >= 15 is 0 Å². The van der Waals surface area contributed by atoms with Gasteiger partial charge in [-0.05, 0) is 31.2 Å². The number of aryl methyl sites for hydroxylation is 2. The van der Waals surface area contributed by atoms with Crippen LogP contribution in [0.15, 0.2) is 41.7 Å². The molecule has 3 aromatic rings. The molecule has 0 fully saturated rings. The fourth-order valence-electron chi connectivity index (χ4n) is 1.98. The molecular weight excluding hydrogens is 276 g/mol. The van der Waals surface area contributed by atoms with Crippen molar-refractivity contribution in [2.24, 2.45) is 7.05 Å². The molecule has 7 heteroatoms. The first-order valence-electron chi connectivity index (χ1n) is 6.06. The number of fused-ring (bicyclic) bond motifs is 1. The molecule has 0 bridgehead atoms. The van der Waals surface area contributed by atoms with Crippen molar-refractivity contribution in [2.45, 2.75) is 11.9 Å². The largest absolute Gasteiger partial charge is 0.361 e. The zero-order valence-corrected chi connectivity index (χ0v) is 11.9. The molecular formula is C13H14N4O2S. The smallest absolute Gasteiger partial charge is 0.280 e. The molecule has 2 N–H and O–H groups in total. The molecule has 0 unspecified atom stereocenters. The van der Waals surface area contributed by atoms with Crippen LogP contribution in [0.3, 0.4) is 0 Å². The molecule has 0 atom stereocenters. The number of rotatable bonds is 3. The fourth-order valence-corrected chi connectivity index (χ4v) is 3.07. The first-order chi connectivity index (χ1) is 9.45. The van der Waals surface area contributed by atoms with Crippen molar-refractivity contribution in [3.05, 3.63) is 42.5 Å². The van der Waals surface area contributed by atoms with E-state index in [0.717, 1.165) is 10.9 Å². The Balaban J connectivity index is 1.96. The Morgan fingerprint density at radius 2 is 2.10 bits per heavy atom. The molecule has 2 heterocycles. The first-order valence-corrected chi connectivity index (χ1v) is 7.54. The van der Waals surface area contributed by atoms with Gasteiger partial charge in [-0.3, -0.25) is 4.72 Å². The molecule has 0 amide bonds. The number of nitrogens with zero attached hydrogens (tertiary/aromatic N) is 2. The molecule has 0 saturated carbocycles. The van der Waals surface area contributed by atoms with E-state index in [1.54, 1.807) is 30.7 Å². The van der Waals surface area contributed by atoms with E-state index in [1.165, 1.54) is 6.20 Å². The minimum atomic E-state index is -3.66. The van der Waals surface area contributed by atoms with Gasteiger partial charge < -0.3 is 9.55 Å². The van der Waals surface area contributed by atoms with Crippen LogP contribution in [0, 0.1) is 6.92 Å². The SMILES string of the molecule is Cc1nc(S(=O)(=O)Nc2ccc3[nH]ccc3c2)cn1C. The Kier molecular flexibility index (Phi) is 2.79. The zero-order chi connectivity index (χ0) is 14.3. The number of sulfonamides is 1. The summed E-state index contributed by atoms with van der Waals surface area (Å²) in [5.41, 5.74) is 1.47. The van der Waals surface area contributed by atoms with Crippen LogP contribution >= 0.6 is 0 Å². The highest BCUT2D eigenvalue weighted by Crippen LogP contribution is 2.20. The highest BCUT2D eigenvalue weighted by Gasteiger charge is 2.18. The van der Waals surface area contributed by atoms with Gasteiger partial charge in [0, 0.05) is 36.0 Å². The molecule has 6 nitrogen and oxygen atoms in total. The minimum Gasteiger partial charge on any atom is -0.361 e. The van der Waals surface area contributed by atoms with Gasteiger partial charge in [-0.25, -0.2) is 4.98 Å². The number of aromatic nitrogens is 3. The normalized spacial score (nSPS) is 11.9. The van der Waals surface area contributed by atoms with Crippen LogP contribution in [-0.2, 0) is 17.1 Å². The number of imidazole rings is 1. The number of benzene rings is 1. The molecule has 1 aromatic carbocycles. The van der Waals surface area contributed by atoms with Crippen molar-refractivity contribution in [3.8, 4) is 0 Å². The van der Waals surface area contributed by atoms with Crippen molar-refractivity contribution in [1.82, 2.24) is 14.5 Å². The van der Waals surface area contributed by atoms with E-state index in [1.807, 2.05) is 18.3 Å². The van der Waals surface area contributed by atoms with Gasteiger partial charge in [0.05, 0.1) is 0 Å². The lowest BCUT2D eigenvalue weighted by Crippen LogP contribution is -2.13. The van der Waals surface area contributed by atoms with Crippen molar-refractivity contribution < 1.29 is 8.42 Å². The summed E-state index contributed by atoms with van der Waals surface area (Å²) in [4.78, 5) is 7.10. The molecule has 0 radical (unpaired) electrons. The van der Waals surface area contributed by atoms with Gasteiger partial charge in [-0.15, -0.1) is 0 Å². The van der Waals surface area contributed by atoms with Crippen molar-refractivity contribution in [2.75, 3.05) is 4.72 Å². The summed E-state index contributed by atoms with van der Waals surface area (Å²) < 4.78 is 28.7. The number of anilines is 1. The van der Waals surface area contributed by atoms with E-state index in [4.69, 9.17) is 0 Å². The summed E-state index contributed by atoms with van der Waals surface area (Å²) >= 11 is 0. The van der Waals surface area contributed by atoms with Crippen LogP contribution in [0.4, 0.5) is 5.69 Å². The van der Waals surface area contributed by atoms with E-state index in [2.05, 4.69) is 14.7 Å². The van der Waals surface area contributed by atoms with Crippen molar-refractivity contribution in [3.63, 3.8) is 0 Å². The summed E-state index contributed by atoms with van der Waals surface area (Å²) in [6.07, 6.45) is 3.30. The Bertz CT molecular complexity index is 857. The number of H-pyrrole nitrogens is 1. The van der Waals surface area contributed by atoms with Crippen molar-refractivity contribution in [1.29, 1.82) is 0 Å². The average Bonchev–Trinajstić information content (AvgIpc) is 2.96.